The summed E-state index contributed by atoms with van der Waals surface area (Å²) >= 11 is 0. The second-order valence-electron chi connectivity index (χ2n) is 5.81. The van der Waals surface area contributed by atoms with Crippen molar-refractivity contribution in [1.29, 1.82) is 0 Å². The van der Waals surface area contributed by atoms with Crippen molar-refractivity contribution in [3.8, 4) is 0 Å². The molecule has 2 aliphatic rings. The molecule has 1 amide bonds. The minimum atomic E-state index is -0.0365. The second kappa shape index (κ2) is 5.55. The van der Waals surface area contributed by atoms with Crippen LogP contribution in [0.5, 0.6) is 0 Å². The second-order valence-corrected chi connectivity index (χ2v) is 5.81. The maximum Gasteiger partial charge on any atom is 0.244 e. The molecule has 100 valence electrons. The van der Waals surface area contributed by atoms with Gasteiger partial charge in [0.2, 0.25) is 5.91 Å². The lowest BCUT2D eigenvalue weighted by Crippen LogP contribution is -2.21. The van der Waals surface area contributed by atoms with Gasteiger partial charge >= 0.3 is 0 Å². The molecule has 3 rings (SSSR count). The van der Waals surface area contributed by atoms with Gasteiger partial charge in [-0.1, -0.05) is 36.8 Å². The first-order valence-electron chi connectivity index (χ1n) is 7.17. The first-order chi connectivity index (χ1) is 9.31. The summed E-state index contributed by atoms with van der Waals surface area (Å²) in [6.07, 6.45) is 7.74. The molecule has 0 heterocycles. The number of carbonyl (C=O) groups is 1. The smallest absolute Gasteiger partial charge is 0.244 e. The molecule has 3 atom stereocenters. The minimum Gasteiger partial charge on any atom is -0.273 e. The van der Waals surface area contributed by atoms with Gasteiger partial charge in [0.1, 0.15) is 0 Å². The van der Waals surface area contributed by atoms with Gasteiger partial charge in [-0.15, -0.1) is 0 Å². The maximum absolute atomic E-state index is 11.7. The Morgan fingerprint density at radius 3 is 2.79 bits per heavy atom. The van der Waals surface area contributed by atoms with E-state index in [9.17, 15) is 4.79 Å². The zero-order valence-corrected chi connectivity index (χ0v) is 11.1. The molecule has 1 aromatic rings. The Bertz CT molecular complexity index is 469. The largest absolute Gasteiger partial charge is 0.273 e. The third-order valence-electron chi connectivity index (χ3n) is 4.46. The Morgan fingerprint density at radius 1 is 1.26 bits per heavy atom. The highest BCUT2D eigenvalue weighted by Crippen LogP contribution is 2.47. The van der Waals surface area contributed by atoms with Crippen LogP contribution < -0.4 is 5.43 Å². The Labute approximate surface area is 114 Å². The molecule has 19 heavy (non-hydrogen) atoms. The van der Waals surface area contributed by atoms with E-state index in [0.29, 0.717) is 12.3 Å². The van der Waals surface area contributed by atoms with Crippen LogP contribution in [0, 0.1) is 17.8 Å². The number of amides is 1. The van der Waals surface area contributed by atoms with Crippen molar-refractivity contribution in [2.24, 2.45) is 22.9 Å². The van der Waals surface area contributed by atoms with E-state index in [-0.39, 0.29) is 5.91 Å². The van der Waals surface area contributed by atoms with Gasteiger partial charge in [-0.2, -0.15) is 5.10 Å². The fourth-order valence-corrected chi connectivity index (χ4v) is 3.50. The van der Waals surface area contributed by atoms with E-state index >= 15 is 0 Å². The predicted molar refractivity (Wildman–Crippen MR) is 75.7 cm³/mol. The Morgan fingerprint density at radius 2 is 2.11 bits per heavy atom. The number of hydrazone groups is 1. The molecular formula is C16H20N2O. The van der Waals surface area contributed by atoms with Gasteiger partial charge in [-0.05, 0) is 42.6 Å². The van der Waals surface area contributed by atoms with E-state index in [1.165, 1.54) is 25.7 Å². The van der Waals surface area contributed by atoms with Gasteiger partial charge in [0.15, 0.2) is 0 Å². The van der Waals surface area contributed by atoms with Crippen LogP contribution in [0.4, 0.5) is 0 Å². The number of fused-ring (bicyclic) bond motifs is 2. The monoisotopic (exact) mass is 256 g/mol. The molecule has 2 aliphatic carbocycles. The molecular weight excluding hydrogens is 236 g/mol. The number of hydrogen-bond donors (Lipinski definition) is 1. The molecule has 2 fully saturated rings. The quantitative estimate of drug-likeness (QED) is 0.653. The predicted octanol–water partition coefficient (Wildman–Crippen LogP) is 2.77. The van der Waals surface area contributed by atoms with Gasteiger partial charge in [-0.25, -0.2) is 5.43 Å². The molecule has 0 saturated heterocycles. The highest BCUT2D eigenvalue weighted by molar-refractivity contribution is 5.79. The number of nitrogens with one attached hydrogen (secondary N) is 1. The van der Waals surface area contributed by atoms with Gasteiger partial charge in [0.25, 0.3) is 0 Å². The number of benzene rings is 1. The van der Waals surface area contributed by atoms with Gasteiger partial charge < -0.3 is 0 Å². The molecule has 0 aliphatic heterocycles. The van der Waals surface area contributed by atoms with Crippen LogP contribution >= 0.6 is 0 Å². The lowest BCUT2D eigenvalue weighted by atomic mass is 9.90. The van der Waals surface area contributed by atoms with E-state index in [0.717, 1.165) is 17.4 Å². The molecule has 0 spiro atoms. The zero-order valence-electron chi connectivity index (χ0n) is 11.1. The summed E-state index contributed by atoms with van der Waals surface area (Å²) in [4.78, 5) is 11.7. The van der Waals surface area contributed by atoms with Crippen LogP contribution in [0.1, 0.15) is 31.2 Å². The maximum atomic E-state index is 11.7. The molecule has 1 aromatic carbocycles. The average Bonchev–Trinajstić information content (AvgIpc) is 3.02. The number of rotatable bonds is 4. The normalized spacial score (nSPS) is 28.9. The van der Waals surface area contributed by atoms with E-state index in [4.69, 9.17) is 0 Å². The van der Waals surface area contributed by atoms with E-state index in [1.807, 2.05) is 36.5 Å². The summed E-state index contributed by atoms with van der Waals surface area (Å²) < 4.78 is 0. The third-order valence-corrected chi connectivity index (χ3v) is 4.46. The summed E-state index contributed by atoms with van der Waals surface area (Å²) in [5.41, 5.74) is 3.67. The molecule has 0 aromatic heterocycles. The van der Waals surface area contributed by atoms with Crippen LogP contribution in [-0.4, -0.2) is 12.1 Å². The van der Waals surface area contributed by atoms with Crippen molar-refractivity contribution in [2.75, 3.05) is 0 Å². The van der Waals surface area contributed by atoms with E-state index in [2.05, 4.69) is 10.5 Å². The van der Waals surface area contributed by atoms with Gasteiger partial charge in [-0.3, -0.25) is 4.79 Å². The fraction of sp³-hybridized carbons (Fsp3) is 0.500. The summed E-state index contributed by atoms with van der Waals surface area (Å²) in [5.74, 6) is 2.29. The Balaban J connectivity index is 1.46. The molecule has 3 nitrogen and oxygen atoms in total. The standard InChI is InChI=1S/C16H20N2O/c19-16(10-12-4-2-1-3-5-12)18-17-11-15-9-13-6-7-14(15)8-13/h1-5,11,13-15H,6-10H2,(H,18,19)/b17-11-/t13-,14-,15-/m1/s1. The Kier molecular flexibility index (Phi) is 3.62. The molecule has 0 radical (unpaired) electrons. The van der Waals surface area contributed by atoms with E-state index < -0.39 is 0 Å². The van der Waals surface area contributed by atoms with Crippen molar-refractivity contribution in [3.63, 3.8) is 0 Å². The molecule has 0 unspecified atom stereocenters. The first kappa shape index (κ1) is 12.4. The first-order valence-corrected chi connectivity index (χ1v) is 7.17. The van der Waals surface area contributed by atoms with Crippen LogP contribution in [0.25, 0.3) is 0 Å². The van der Waals surface area contributed by atoms with Crippen molar-refractivity contribution >= 4 is 12.1 Å². The summed E-state index contributed by atoms with van der Waals surface area (Å²) in [7, 11) is 0. The minimum absolute atomic E-state index is 0.0365. The summed E-state index contributed by atoms with van der Waals surface area (Å²) in [6.45, 7) is 0. The molecule has 2 saturated carbocycles. The van der Waals surface area contributed by atoms with Gasteiger partial charge in [0, 0.05) is 6.21 Å². The van der Waals surface area contributed by atoms with E-state index in [1.54, 1.807) is 0 Å². The average molecular weight is 256 g/mol. The van der Waals surface area contributed by atoms with Crippen molar-refractivity contribution in [1.82, 2.24) is 5.43 Å². The molecule has 1 N–H and O–H groups in total. The van der Waals surface area contributed by atoms with Crippen LogP contribution in [0.3, 0.4) is 0 Å². The summed E-state index contributed by atoms with van der Waals surface area (Å²) in [5, 5.41) is 4.14. The van der Waals surface area contributed by atoms with Crippen molar-refractivity contribution in [2.45, 2.75) is 32.1 Å². The van der Waals surface area contributed by atoms with Crippen molar-refractivity contribution < 1.29 is 4.79 Å². The lowest BCUT2D eigenvalue weighted by molar-refractivity contribution is -0.120. The topological polar surface area (TPSA) is 41.5 Å². The highest BCUT2D eigenvalue weighted by atomic mass is 16.2. The van der Waals surface area contributed by atoms with Crippen LogP contribution in [-0.2, 0) is 11.2 Å². The van der Waals surface area contributed by atoms with Crippen LogP contribution in [0.15, 0.2) is 35.4 Å². The van der Waals surface area contributed by atoms with Gasteiger partial charge in [0.05, 0.1) is 6.42 Å². The highest BCUT2D eigenvalue weighted by Gasteiger charge is 2.38. The molecule has 3 heteroatoms. The van der Waals surface area contributed by atoms with Crippen molar-refractivity contribution in [3.05, 3.63) is 35.9 Å². The summed E-state index contributed by atoms with van der Waals surface area (Å²) in [6, 6.07) is 9.76. The number of nitrogens with zero attached hydrogens (tertiary/aromatic N) is 1. The SMILES string of the molecule is O=C(Cc1ccccc1)N/N=C\[C@H]1C[C@@H]2CC[C@@H]1C2. The van der Waals surface area contributed by atoms with Crippen LogP contribution in [0.2, 0.25) is 0 Å². The Hall–Kier alpha value is -1.64. The third kappa shape index (κ3) is 3.03. The lowest BCUT2D eigenvalue weighted by Gasteiger charge is -2.16. The number of carbonyl (C=O) groups excluding carboxylic acids is 1. The molecule has 2 bridgehead atoms. The number of hydrogen-bond acceptors (Lipinski definition) is 2. The zero-order chi connectivity index (χ0) is 13.1. The fourth-order valence-electron chi connectivity index (χ4n) is 3.50.